The van der Waals surface area contributed by atoms with Crippen molar-refractivity contribution >= 4 is 23.2 Å². The molecule has 1 fully saturated rings. The van der Waals surface area contributed by atoms with Gasteiger partial charge in [0.1, 0.15) is 5.75 Å². The molecule has 0 aromatic heterocycles. The summed E-state index contributed by atoms with van der Waals surface area (Å²) in [5.41, 5.74) is 2.72. The number of anilines is 2. The highest BCUT2D eigenvalue weighted by atomic mass is 16.5. The normalized spacial score (nSPS) is 16.5. The first kappa shape index (κ1) is 19.9. The van der Waals surface area contributed by atoms with Gasteiger partial charge in [-0.15, -0.1) is 0 Å². The Morgan fingerprint density at radius 3 is 2.57 bits per heavy atom. The quantitative estimate of drug-likeness (QED) is 0.764. The van der Waals surface area contributed by atoms with Crippen LogP contribution >= 0.6 is 0 Å². The van der Waals surface area contributed by atoms with E-state index >= 15 is 0 Å². The van der Waals surface area contributed by atoms with Crippen LogP contribution in [0, 0.1) is 5.92 Å². The minimum absolute atomic E-state index is 0.0282. The fraction of sp³-hybridized carbons (Fsp3) is 0.391. The molecule has 0 radical (unpaired) electrons. The molecule has 1 N–H and O–H groups in total. The number of carbonyl (C=O) groups excluding carboxylic acids is 2. The van der Waals surface area contributed by atoms with E-state index in [1.807, 2.05) is 48.5 Å². The molecule has 1 aliphatic heterocycles. The standard InChI is InChI=1S/C23H28N2O3/c1-4-13-28-19-11-9-18(10-12-19)25-15-17(14-22(25)26)23(27)24-21-8-6-5-7-20(21)16(2)3/h5-12,16-17H,4,13-15H2,1-3H3,(H,24,27). The smallest absolute Gasteiger partial charge is 0.229 e. The van der Waals surface area contributed by atoms with Crippen molar-refractivity contribution in [3.63, 3.8) is 0 Å². The van der Waals surface area contributed by atoms with Gasteiger partial charge in [0.25, 0.3) is 0 Å². The van der Waals surface area contributed by atoms with E-state index in [1.165, 1.54) is 0 Å². The van der Waals surface area contributed by atoms with Crippen molar-refractivity contribution in [1.29, 1.82) is 0 Å². The van der Waals surface area contributed by atoms with Gasteiger partial charge in [0.05, 0.1) is 12.5 Å². The van der Waals surface area contributed by atoms with Gasteiger partial charge in [-0.25, -0.2) is 0 Å². The Balaban J connectivity index is 1.66. The van der Waals surface area contributed by atoms with Gasteiger partial charge in [-0.2, -0.15) is 0 Å². The Bertz CT molecular complexity index is 830. The zero-order valence-corrected chi connectivity index (χ0v) is 16.8. The maximum atomic E-state index is 12.8. The summed E-state index contributed by atoms with van der Waals surface area (Å²) >= 11 is 0. The second-order valence-electron chi connectivity index (χ2n) is 7.48. The van der Waals surface area contributed by atoms with Crippen molar-refractivity contribution in [2.75, 3.05) is 23.4 Å². The maximum absolute atomic E-state index is 12.8. The van der Waals surface area contributed by atoms with Gasteiger partial charge in [0.15, 0.2) is 0 Å². The Kier molecular flexibility index (Phi) is 6.34. The summed E-state index contributed by atoms with van der Waals surface area (Å²) in [6.45, 7) is 7.31. The van der Waals surface area contributed by atoms with Crippen molar-refractivity contribution in [3.8, 4) is 5.75 Å². The highest BCUT2D eigenvalue weighted by Gasteiger charge is 2.35. The molecule has 0 spiro atoms. The minimum Gasteiger partial charge on any atom is -0.494 e. The molecule has 2 aromatic rings. The summed E-state index contributed by atoms with van der Waals surface area (Å²) in [7, 11) is 0. The predicted molar refractivity (Wildman–Crippen MR) is 112 cm³/mol. The van der Waals surface area contributed by atoms with E-state index < -0.39 is 0 Å². The first-order chi connectivity index (χ1) is 13.5. The third kappa shape index (κ3) is 4.53. The van der Waals surface area contributed by atoms with E-state index in [0.29, 0.717) is 19.1 Å². The molecular formula is C23H28N2O3. The second kappa shape index (κ2) is 8.91. The summed E-state index contributed by atoms with van der Waals surface area (Å²) in [4.78, 5) is 26.9. The van der Waals surface area contributed by atoms with Crippen LogP contribution in [0.1, 0.15) is 45.1 Å². The van der Waals surface area contributed by atoms with Crippen LogP contribution < -0.4 is 15.0 Å². The molecule has 0 saturated carbocycles. The topological polar surface area (TPSA) is 58.6 Å². The van der Waals surface area contributed by atoms with Gasteiger partial charge in [-0.3, -0.25) is 9.59 Å². The number of benzene rings is 2. The number of para-hydroxylation sites is 1. The van der Waals surface area contributed by atoms with Gasteiger partial charge in [0, 0.05) is 24.3 Å². The first-order valence-corrected chi connectivity index (χ1v) is 9.92. The largest absolute Gasteiger partial charge is 0.494 e. The van der Waals surface area contributed by atoms with Gasteiger partial charge in [0.2, 0.25) is 11.8 Å². The van der Waals surface area contributed by atoms with Crippen molar-refractivity contribution in [1.82, 2.24) is 0 Å². The van der Waals surface area contributed by atoms with Crippen LogP contribution in [0.25, 0.3) is 0 Å². The zero-order valence-electron chi connectivity index (χ0n) is 16.8. The number of ether oxygens (including phenoxy) is 1. The SMILES string of the molecule is CCCOc1ccc(N2CC(C(=O)Nc3ccccc3C(C)C)CC2=O)cc1. The van der Waals surface area contributed by atoms with Gasteiger partial charge in [-0.05, 0) is 48.2 Å². The van der Waals surface area contributed by atoms with E-state index in [4.69, 9.17) is 4.74 Å². The average molecular weight is 380 g/mol. The Morgan fingerprint density at radius 1 is 1.18 bits per heavy atom. The number of hydrogen-bond acceptors (Lipinski definition) is 3. The molecule has 1 atom stereocenters. The van der Waals surface area contributed by atoms with E-state index in [9.17, 15) is 9.59 Å². The summed E-state index contributed by atoms with van der Waals surface area (Å²) in [5.74, 6) is 0.610. The fourth-order valence-corrected chi connectivity index (χ4v) is 3.42. The van der Waals surface area contributed by atoms with E-state index in [0.717, 1.165) is 29.1 Å². The van der Waals surface area contributed by atoms with Crippen molar-refractivity contribution in [2.45, 2.75) is 39.5 Å². The molecule has 148 valence electrons. The van der Waals surface area contributed by atoms with Crippen LogP contribution in [-0.2, 0) is 9.59 Å². The Labute approximate surface area is 166 Å². The van der Waals surface area contributed by atoms with Crippen molar-refractivity contribution in [2.24, 2.45) is 5.92 Å². The minimum atomic E-state index is -0.358. The highest BCUT2D eigenvalue weighted by Crippen LogP contribution is 2.29. The van der Waals surface area contributed by atoms with Crippen LogP contribution in [0.2, 0.25) is 0 Å². The molecule has 1 aliphatic rings. The van der Waals surface area contributed by atoms with Crippen LogP contribution in [0.4, 0.5) is 11.4 Å². The lowest BCUT2D eigenvalue weighted by Gasteiger charge is -2.18. The Hall–Kier alpha value is -2.82. The number of nitrogens with zero attached hydrogens (tertiary/aromatic N) is 1. The molecular weight excluding hydrogens is 352 g/mol. The lowest BCUT2D eigenvalue weighted by atomic mass is 10.0. The summed E-state index contributed by atoms with van der Waals surface area (Å²) in [6, 6.07) is 15.3. The van der Waals surface area contributed by atoms with E-state index in [-0.39, 0.29) is 24.2 Å². The van der Waals surface area contributed by atoms with Crippen LogP contribution in [0.15, 0.2) is 48.5 Å². The van der Waals surface area contributed by atoms with E-state index in [2.05, 4.69) is 26.1 Å². The predicted octanol–water partition coefficient (Wildman–Crippen LogP) is 4.59. The molecule has 5 heteroatoms. The fourth-order valence-electron chi connectivity index (χ4n) is 3.42. The summed E-state index contributed by atoms with van der Waals surface area (Å²) in [6.07, 6.45) is 1.17. The molecule has 0 aliphatic carbocycles. The number of amides is 2. The number of hydrogen-bond donors (Lipinski definition) is 1. The highest BCUT2D eigenvalue weighted by molar-refractivity contribution is 6.03. The molecule has 3 rings (SSSR count). The average Bonchev–Trinajstić information content (AvgIpc) is 3.09. The molecule has 5 nitrogen and oxygen atoms in total. The lowest BCUT2D eigenvalue weighted by Crippen LogP contribution is -2.28. The van der Waals surface area contributed by atoms with Gasteiger partial charge >= 0.3 is 0 Å². The van der Waals surface area contributed by atoms with Crippen LogP contribution in [0.3, 0.4) is 0 Å². The summed E-state index contributed by atoms with van der Waals surface area (Å²) < 4.78 is 5.59. The zero-order chi connectivity index (χ0) is 20.1. The maximum Gasteiger partial charge on any atom is 0.229 e. The monoisotopic (exact) mass is 380 g/mol. The van der Waals surface area contributed by atoms with Crippen LogP contribution in [0.5, 0.6) is 5.75 Å². The molecule has 1 unspecified atom stereocenters. The molecule has 0 bridgehead atoms. The molecule has 1 heterocycles. The third-order valence-electron chi connectivity index (χ3n) is 4.96. The second-order valence-corrected chi connectivity index (χ2v) is 7.48. The van der Waals surface area contributed by atoms with Crippen molar-refractivity contribution in [3.05, 3.63) is 54.1 Å². The summed E-state index contributed by atoms with van der Waals surface area (Å²) in [5, 5.41) is 3.02. The number of rotatable bonds is 7. The molecule has 28 heavy (non-hydrogen) atoms. The molecule has 1 saturated heterocycles. The molecule has 2 amide bonds. The third-order valence-corrected chi connectivity index (χ3v) is 4.96. The number of nitrogens with one attached hydrogen (secondary N) is 1. The number of carbonyl (C=O) groups is 2. The lowest BCUT2D eigenvalue weighted by molar-refractivity contribution is -0.122. The van der Waals surface area contributed by atoms with Crippen LogP contribution in [-0.4, -0.2) is 25.0 Å². The Morgan fingerprint density at radius 2 is 1.89 bits per heavy atom. The first-order valence-electron chi connectivity index (χ1n) is 9.92. The van der Waals surface area contributed by atoms with Crippen molar-refractivity contribution < 1.29 is 14.3 Å². The van der Waals surface area contributed by atoms with Gasteiger partial charge in [-0.1, -0.05) is 39.0 Å². The van der Waals surface area contributed by atoms with Gasteiger partial charge < -0.3 is 15.0 Å². The molecule has 2 aromatic carbocycles. The van der Waals surface area contributed by atoms with E-state index in [1.54, 1.807) is 4.90 Å².